The predicted octanol–water partition coefficient (Wildman–Crippen LogP) is 3.81. The Morgan fingerprint density at radius 1 is 1.00 bits per heavy atom. The van der Waals surface area contributed by atoms with Crippen LogP contribution in [0.15, 0.2) is 36.4 Å². The van der Waals surface area contributed by atoms with Gasteiger partial charge in [-0.05, 0) is 36.4 Å². The fourth-order valence-electron chi connectivity index (χ4n) is 1.96. The van der Waals surface area contributed by atoms with Crippen LogP contribution in [0, 0.1) is 0 Å². The van der Waals surface area contributed by atoms with Crippen molar-refractivity contribution in [1.29, 1.82) is 0 Å². The third-order valence-electron chi connectivity index (χ3n) is 3.15. The van der Waals surface area contributed by atoms with Crippen LogP contribution in [0.2, 0.25) is 10.0 Å². The van der Waals surface area contributed by atoms with E-state index in [-0.39, 0.29) is 21.4 Å². The molecule has 2 rings (SSSR count). The molecule has 0 heterocycles. The van der Waals surface area contributed by atoms with Crippen LogP contribution in [0.25, 0.3) is 0 Å². The zero-order valence-corrected chi connectivity index (χ0v) is 15.0. The first-order valence-electron chi connectivity index (χ1n) is 7.08. The molecule has 0 aromatic heterocycles. The minimum Gasteiger partial charge on any atom is -0.497 e. The van der Waals surface area contributed by atoms with E-state index < -0.39 is 18.5 Å². The van der Waals surface area contributed by atoms with Gasteiger partial charge >= 0.3 is 5.97 Å². The maximum Gasteiger partial charge on any atom is 0.338 e. The van der Waals surface area contributed by atoms with E-state index in [2.05, 4.69) is 5.32 Å². The molecule has 0 saturated heterocycles. The van der Waals surface area contributed by atoms with Crippen LogP contribution in [0.3, 0.4) is 0 Å². The Morgan fingerprint density at radius 2 is 1.60 bits per heavy atom. The van der Waals surface area contributed by atoms with Crippen molar-refractivity contribution >= 4 is 40.8 Å². The number of esters is 1. The van der Waals surface area contributed by atoms with Crippen molar-refractivity contribution in [2.75, 3.05) is 26.1 Å². The van der Waals surface area contributed by atoms with Crippen LogP contribution < -0.4 is 14.8 Å². The van der Waals surface area contributed by atoms with E-state index in [1.165, 1.54) is 19.2 Å². The number of halogens is 2. The minimum absolute atomic E-state index is 0.119. The van der Waals surface area contributed by atoms with Crippen molar-refractivity contribution in [1.82, 2.24) is 0 Å². The Balaban J connectivity index is 1.93. The van der Waals surface area contributed by atoms with Gasteiger partial charge in [-0.2, -0.15) is 0 Å². The van der Waals surface area contributed by atoms with E-state index in [4.69, 9.17) is 37.4 Å². The molecule has 0 radical (unpaired) electrons. The van der Waals surface area contributed by atoms with Gasteiger partial charge in [0.25, 0.3) is 5.91 Å². The maximum atomic E-state index is 12.0. The number of benzene rings is 2. The lowest BCUT2D eigenvalue weighted by molar-refractivity contribution is -0.119. The van der Waals surface area contributed by atoms with Gasteiger partial charge in [-0.3, -0.25) is 4.79 Å². The largest absolute Gasteiger partial charge is 0.497 e. The van der Waals surface area contributed by atoms with Gasteiger partial charge in [0.1, 0.15) is 5.75 Å². The quantitative estimate of drug-likeness (QED) is 0.767. The van der Waals surface area contributed by atoms with Gasteiger partial charge in [0.2, 0.25) is 0 Å². The van der Waals surface area contributed by atoms with Crippen LogP contribution in [0.1, 0.15) is 10.4 Å². The van der Waals surface area contributed by atoms with E-state index in [1.54, 1.807) is 31.4 Å². The number of anilines is 1. The second kappa shape index (κ2) is 8.60. The number of ether oxygens (including phenoxy) is 3. The summed E-state index contributed by atoms with van der Waals surface area (Å²) < 4.78 is 15.0. The molecule has 25 heavy (non-hydrogen) atoms. The average molecular weight is 384 g/mol. The molecule has 0 atom stereocenters. The molecular weight excluding hydrogens is 369 g/mol. The molecule has 0 spiro atoms. The van der Waals surface area contributed by atoms with Crippen LogP contribution >= 0.6 is 23.2 Å². The fraction of sp³-hybridized carbons (Fsp3) is 0.176. The summed E-state index contributed by atoms with van der Waals surface area (Å²) in [7, 11) is 2.96. The van der Waals surface area contributed by atoms with Gasteiger partial charge in [0.05, 0.1) is 29.8 Å². The van der Waals surface area contributed by atoms with Crippen molar-refractivity contribution in [3.63, 3.8) is 0 Å². The molecule has 2 aromatic rings. The van der Waals surface area contributed by atoms with Crippen LogP contribution in [-0.2, 0) is 9.53 Å². The molecule has 0 saturated carbocycles. The molecule has 2 aromatic carbocycles. The lowest BCUT2D eigenvalue weighted by Crippen LogP contribution is -2.20. The Bertz CT molecular complexity index is 754. The first kappa shape index (κ1) is 18.9. The summed E-state index contributed by atoms with van der Waals surface area (Å²) in [5.74, 6) is -0.282. The van der Waals surface area contributed by atoms with Crippen molar-refractivity contribution in [3.05, 3.63) is 52.0 Å². The first-order valence-corrected chi connectivity index (χ1v) is 7.84. The average Bonchev–Trinajstić information content (AvgIpc) is 2.60. The van der Waals surface area contributed by atoms with Gasteiger partial charge in [-0.1, -0.05) is 23.2 Å². The molecule has 1 amide bonds. The summed E-state index contributed by atoms with van der Waals surface area (Å²) in [6.45, 7) is -0.452. The summed E-state index contributed by atoms with van der Waals surface area (Å²) in [5.41, 5.74) is 0.672. The third-order valence-corrected chi connectivity index (χ3v) is 3.71. The van der Waals surface area contributed by atoms with Crippen molar-refractivity contribution in [3.8, 4) is 11.5 Å². The van der Waals surface area contributed by atoms with Crippen molar-refractivity contribution < 1.29 is 23.8 Å². The molecule has 0 aliphatic heterocycles. The molecule has 6 nitrogen and oxygen atoms in total. The lowest BCUT2D eigenvalue weighted by atomic mass is 10.2. The molecule has 0 aliphatic carbocycles. The summed E-state index contributed by atoms with van der Waals surface area (Å²) in [5, 5.41) is 2.94. The van der Waals surface area contributed by atoms with Crippen molar-refractivity contribution in [2.24, 2.45) is 0 Å². The molecule has 1 N–H and O–H groups in total. The standard InChI is InChI=1S/C17H15Cl2NO5/c1-23-12-5-3-11(4-6-12)20-15(21)9-25-17(22)10-7-13(18)16(24-2)14(19)8-10/h3-8H,9H2,1-2H3,(H,20,21). The highest BCUT2D eigenvalue weighted by Crippen LogP contribution is 2.33. The topological polar surface area (TPSA) is 73.9 Å². The van der Waals surface area contributed by atoms with Gasteiger partial charge in [-0.25, -0.2) is 4.79 Å². The summed E-state index contributed by atoms with van der Waals surface area (Å²) in [6.07, 6.45) is 0. The molecule has 8 heteroatoms. The molecule has 0 unspecified atom stereocenters. The van der Waals surface area contributed by atoms with Gasteiger partial charge < -0.3 is 19.5 Å². The van der Waals surface area contributed by atoms with E-state index in [0.29, 0.717) is 11.4 Å². The highest BCUT2D eigenvalue weighted by atomic mass is 35.5. The van der Waals surface area contributed by atoms with Gasteiger partial charge in [0, 0.05) is 5.69 Å². The molecule has 132 valence electrons. The van der Waals surface area contributed by atoms with E-state index in [9.17, 15) is 9.59 Å². The number of amides is 1. The predicted molar refractivity (Wildman–Crippen MR) is 94.9 cm³/mol. The third kappa shape index (κ3) is 5.01. The molecular formula is C17H15Cl2NO5. The van der Waals surface area contributed by atoms with Crippen LogP contribution in [0.4, 0.5) is 5.69 Å². The number of nitrogens with one attached hydrogen (secondary N) is 1. The van der Waals surface area contributed by atoms with E-state index in [0.717, 1.165) is 0 Å². The Morgan fingerprint density at radius 3 is 2.12 bits per heavy atom. The zero-order valence-electron chi connectivity index (χ0n) is 13.5. The summed E-state index contributed by atoms with van der Waals surface area (Å²) in [6, 6.07) is 9.45. The number of methoxy groups -OCH3 is 2. The van der Waals surface area contributed by atoms with E-state index >= 15 is 0 Å². The summed E-state index contributed by atoms with van der Waals surface area (Å²) >= 11 is 11.9. The Labute approximate surface area is 154 Å². The first-order chi connectivity index (χ1) is 11.9. The number of hydrogen-bond acceptors (Lipinski definition) is 5. The monoisotopic (exact) mass is 383 g/mol. The molecule has 0 fully saturated rings. The lowest BCUT2D eigenvalue weighted by Gasteiger charge is -2.09. The molecule has 0 aliphatic rings. The Kier molecular flexibility index (Phi) is 6.50. The second-order valence-electron chi connectivity index (χ2n) is 4.83. The SMILES string of the molecule is COc1ccc(NC(=O)COC(=O)c2cc(Cl)c(OC)c(Cl)c2)cc1. The van der Waals surface area contributed by atoms with Crippen LogP contribution in [0.5, 0.6) is 11.5 Å². The van der Waals surface area contributed by atoms with Gasteiger partial charge in [0.15, 0.2) is 12.4 Å². The van der Waals surface area contributed by atoms with Gasteiger partial charge in [-0.15, -0.1) is 0 Å². The smallest absolute Gasteiger partial charge is 0.338 e. The Hall–Kier alpha value is -2.44. The highest BCUT2D eigenvalue weighted by Gasteiger charge is 2.16. The maximum absolute atomic E-state index is 12.0. The highest BCUT2D eigenvalue weighted by molar-refractivity contribution is 6.37. The number of carbonyl (C=O) groups is 2. The number of hydrogen-bond donors (Lipinski definition) is 1. The molecule has 0 bridgehead atoms. The fourth-order valence-corrected chi connectivity index (χ4v) is 2.60. The summed E-state index contributed by atoms with van der Waals surface area (Å²) in [4.78, 5) is 23.9. The number of carbonyl (C=O) groups excluding carboxylic acids is 2. The van der Waals surface area contributed by atoms with Crippen molar-refractivity contribution in [2.45, 2.75) is 0 Å². The minimum atomic E-state index is -0.726. The normalized spacial score (nSPS) is 10.1. The van der Waals surface area contributed by atoms with Crippen LogP contribution in [-0.4, -0.2) is 32.7 Å². The van der Waals surface area contributed by atoms with E-state index in [1.807, 2.05) is 0 Å². The number of rotatable bonds is 6. The second-order valence-corrected chi connectivity index (χ2v) is 5.64. The zero-order chi connectivity index (χ0) is 18.4.